The second-order valence-corrected chi connectivity index (χ2v) is 7.39. The van der Waals surface area contributed by atoms with Crippen LogP contribution >= 0.6 is 11.6 Å². The predicted molar refractivity (Wildman–Crippen MR) is 75.1 cm³/mol. The largest absolute Gasteiger partial charge is 0.481 e. The lowest BCUT2D eigenvalue weighted by atomic mass is 9.93. The number of hydrogen-bond acceptors (Lipinski definition) is 3. The molecular formula is C13H15ClFNO4S. The summed E-state index contributed by atoms with van der Waals surface area (Å²) in [6, 6.07) is 2.89. The van der Waals surface area contributed by atoms with Crippen molar-refractivity contribution < 1.29 is 22.7 Å². The molecule has 1 aromatic carbocycles. The topological polar surface area (TPSA) is 74.7 Å². The van der Waals surface area contributed by atoms with Crippen LogP contribution in [0.3, 0.4) is 0 Å². The molecule has 1 fully saturated rings. The molecule has 5 nitrogen and oxygen atoms in total. The van der Waals surface area contributed by atoms with E-state index in [2.05, 4.69) is 0 Å². The van der Waals surface area contributed by atoms with Gasteiger partial charge in [-0.25, -0.2) is 12.8 Å². The van der Waals surface area contributed by atoms with Gasteiger partial charge in [0.15, 0.2) is 0 Å². The van der Waals surface area contributed by atoms with Crippen molar-refractivity contribution in [3.63, 3.8) is 0 Å². The number of nitrogens with zero attached hydrogens (tertiary/aromatic N) is 1. The number of carboxylic acids is 1. The summed E-state index contributed by atoms with van der Waals surface area (Å²) in [7, 11) is -4.00. The quantitative estimate of drug-likeness (QED) is 0.920. The van der Waals surface area contributed by atoms with Crippen LogP contribution in [-0.2, 0) is 14.8 Å². The summed E-state index contributed by atoms with van der Waals surface area (Å²) >= 11 is 5.62. The third kappa shape index (κ3) is 3.20. The standard InChI is InChI=1S/C13H15ClFNO4S/c1-8-6-9(13(17)18)4-5-16(8)21(19,20)12-3-2-10(14)7-11(12)15/h2-3,7-9H,4-6H2,1H3,(H,17,18). The van der Waals surface area contributed by atoms with Crippen molar-refractivity contribution in [2.24, 2.45) is 5.92 Å². The van der Waals surface area contributed by atoms with E-state index >= 15 is 0 Å². The number of carboxylic acid groups (broad SMARTS) is 1. The van der Waals surface area contributed by atoms with E-state index in [1.54, 1.807) is 6.92 Å². The van der Waals surface area contributed by atoms with Gasteiger partial charge in [0.1, 0.15) is 10.7 Å². The third-order valence-electron chi connectivity index (χ3n) is 3.65. The van der Waals surface area contributed by atoms with Gasteiger partial charge in [0.2, 0.25) is 10.0 Å². The average Bonchev–Trinajstić information content (AvgIpc) is 2.37. The lowest BCUT2D eigenvalue weighted by Gasteiger charge is -2.35. The molecule has 21 heavy (non-hydrogen) atoms. The molecule has 0 spiro atoms. The molecule has 0 radical (unpaired) electrons. The average molecular weight is 336 g/mol. The van der Waals surface area contributed by atoms with Gasteiger partial charge in [-0.2, -0.15) is 4.31 Å². The summed E-state index contributed by atoms with van der Waals surface area (Å²) in [6.45, 7) is 1.68. The van der Waals surface area contributed by atoms with Gasteiger partial charge in [-0.15, -0.1) is 0 Å². The molecule has 1 saturated heterocycles. The smallest absolute Gasteiger partial charge is 0.306 e. The third-order valence-corrected chi connectivity index (χ3v) is 5.93. The molecule has 1 aliphatic heterocycles. The van der Waals surface area contributed by atoms with Gasteiger partial charge in [0.05, 0.1) is 5.92 Å². The van der Waals surface area contributed by atoms with Gasteiger partial charge in [0, 0.05) is 17.6 Å². The highest BCUT2D eigenvalue weighted by molar-refractivity contribution is 7.89. The van der Waals surface area contributed by atoms with Crippen molar-refractivity contribution in [3.8, 4) is 0 Å². The molecule has 0 amide bonds. The fourth-order valence-electron chi connectivity index (χ4n) is 2.54. The van der Waals surface area contributed by atoms with E-state index in [1.807, 2.05) is 0 Å². The van der Waals surface area contributed by atoms with E-state index in [0.29, 0.717) is 0 Å². The molecule has 1 N–H and O–H groups in total. The fourth-order valence-corrected chi connectivity index (χ4v) is 4.41. The summed E-state index contributed by atoms with van der Waals surface area (Å²) in [5, 5.41) is 9.11. The van der Waals surface area contributed by atoms with E-state index in [0.717, 1.165) is 16.4 Å². The maximum absolute atomic E-state index is 13.8. The number of piperidine rings is 1. The van der Waals surface area contributed by atoms with Gasteiger partial charge in [-0.05, 0) is 38.0 Å². The molecule has 0 bridgehead atoms. The molecule has 8 heteroatoms. The summed E-state index contributed by atoms with van der Waals surface area (Å²) in [4.78, 5) is 10.5. The van der Waals surface area contributed by atoms with E-state index in [4.69, 9.17) is 16.7 Å². The molecule has 0 saturated carbocycles. The van der Waals surface area contributed by atoms with Gasteiger partial charge >= 0.3 is 5.97 Å². The minimum absolute atomic E-state index is 0.0581. The second-order valence-electron chi connectivity index (χ2n) is 5.10. The Morgan fingerprint density at radius 1 is 1.48 bits per heavy atom. The molecule has 2 rings (SSSR count). The van der Waals surface area contributed by atoms with Crippen molar-refractivity contribution in [2.75, 3.05) is 6.54 Å². The predicted octanol–water partition coefficient (Wildman–Crippen LogP) is 2.35. The first kappa shape index (κ1) is 16.2. The van der Waals surface area contributed by atoms with Crippen LogP contribution in [0.1, 0.15) is 19.8 Å². The van der Waals surface area contributed by atoms with E-state index in [1.165, 1.54) is 6.07 Å². The van der Waals surface area contributed by atoms with Crippen LogP contribution < -0.4 is 0 Å². The van der Waals surface area contributed by atoms with Crippen LogP contribution in [-0.4, -0.2) is 36.4 Å². The number of sulfonamides is 1. The summed E-state index contributed by atoms with van der Waals surface area (Å²) in [5.41, 5.74) is 0. The first-order valence-electron chi connectivity index (χ1n) is 6.43. The Kier molecular flexibility index (Phi) is 4.55. The van der Waals surface area contributed by atoms with E-state index < -0.39 is 38.7 Å². The second kappa shape index (κ2) is 5.90. The van der Waals surface area contributed by atoms with Crippen molar-refractivity contribution >= 4 is 27.6 Å². The number of carbonyl (C=O) groups is 1. The first-order valence-corrected chi connectivity index (χ1v) is 8.25. The molecule has 1 aromatic rings. The fraction of sp³-hybridized carbons (Fsp3) is 0.462. The highest BCUT2D eigenvalue weighted by atomic mass is 35.5. The van der Waals surface area contributed by atoms with Gasteiger partial charge < -0.3 is 5.11 Å². The Morgan fingerprint density at radius 3 is 2.67 bits per heavy atom. The van der Waals surface area contributed by atoms with Crippen LogP contribution in [0.5, 0.6) is 0 Å². The maximum Gasteiger partial charge on any atom is 0.306 e. The molecule has 2 atom stereocenters. The van der Waals surface area contributed by atoms with Crippen LogP contribution in [0.4, 0.5) is 4.39 Å². The lowest BCUT2D eigenvalue weighted by Crippen LogP contribution is -2.46. The van der Waals surface area contributed by atoms with Crippen molar-refractivity contribution in [1.29, 1.82) is 0 Å². The van der Waals surface area contributed by atoms with Gasteiger partial charge in [0.25, 0.3) is 0 Å². The monoisotopic (exact) mass is 335 g/mol. The van der Waals surface area contributed by atoms with Gasteiger partial charge in [-0.3, -0.25) is 4.79 Å². The summed E-state index contributed by atoms with van der Waals surface area (Å²) in [6.07, 6.45) is 0.428. The maximum atomic E-state index is 13.8. The highest BCUT2D eigenvalue weighted by Crippen LogP contribution is 2.30. The molecule has 0 aromatic heterocycles. The Bertz CT molecular complexity index is 664. The van der Waals surface area contributed by atoms with E-state index in [9.17, 15) is 17.6 Å². The number of rotatable bonds is 3. The van der Waals surface area contributed by atoms with Gasteiger partial charge in [-0.1, -0.05) is 11.6 Å². The minimum Gasteiger partial charge on any atom is -0.481 e. The Hall–Kier alpha value is -1.18. The summed E-state index contributed by atoms with van der Waals surface area (Å²) in [5.74, 6) is -2.41. The Morgan fingerprint density at radius 2 is 2.14 bits per heavy atom. The number of halogens is 2. The number of hydrogen-bond donors (Lipinski definition) is 1. The molecule has 116 valence electrons. The van der Waals surface area contributed by atoms with Crippen LogP contribution in [0.25, 0.3) is 0 Å². The molecular weight excluding hydrogens is 321 g/mol. The highest BCUT2D eigenvalue weighted by Gasteiger charge is 2.37. The van der Waals surface area contributed by atoms with Crippen LogP contribution in [0, 0.1) is 11.7 Å². The summed E-state index contributed by atoms with van der Waals surface area (Å²) < 4.78 is 40.0. The zero-order chi connectivity index (χ0) is 15.8. The Labute approximate surface area is 127 Å². The van der Waals surface area contributed by atoms with Crippen molar-refractivity contribution in [2.45, 2.75) is 30.7 Å². The molecule has 1 aliphatic rings. The first-order chi connectivity index (χ1) is 9.73. The van der Waals surface area contributed by atoms with Crippen LogP contribution in [0.15, 0.2) is 23.1 Å². The zero-order valence-electron chi connectivity index (χ0n) is 11.3. The zero-order valence-corrected chi connectivity index (χ0v) is 12.9. The molecule has 1 heterocycles. The number of benzene rings is 1. The van der Waals surface area contributed by atoms with E-state index in [-0.39, 0.29) is 24.4 Å². The minimum atomic E-state index is -4.00. The van der Waals surface area contributed by atoms with Crippen LogP contribution in [0.2, 0.25) is 5.02 Å². The van der Waals surface area contributed by atoms with Crippen molar-refractivity contribution in [1.82, 2.24) is 4.31 Å². The Balaban J connectivity index is 2.30. The van der Waals surface area contributed by atoms with Crippen molar-refractivity contribution in [3.05, 3.63) is 29.0 Å². The SMILES string of the molecule is CC1CC(C(=O)O)CCN1S(=O)(=O)c1ccc(Cl)cc1F. The normalized spacial score (nSPS) is 24.0. The number of aliphatic carboxylic acids is 1. The molecule has 0 aliphatic carbocycles. The molecule has 2 unspecified atom stereocenters. The lowest BCUT2D eigenvalue weighted by molar-refractivity contribution is -0.143.